The minimum Gasteiger partial charge on any atom is -0.508 e. The number of nitrogens with one attached hydrogen (secondary N) is 2. The smallest absolute Gasteiger partial charge is 0.324 e. The fraction of sp³-hybridized carbons (Fsp3) is 0. The topological polar surface area (TPSA) is 190 Å². The highest BCUT2D eigenvalue weighted by molar-refractivity contribution is 6.01. The van der Waals surface area contributed by atoms with Crippen LogP contribution in [0.2, 0.25) is 0 Å². The van der Waals surface area contributed by atoms with E-state index in [2.05, 4.69) is 25.6 Å². The maximum atomic E-state index is 11.7. The summed E-state index contributed by atoms with van der Waals surface area (Å²) in [6.07, 6.45) is 0. The van der Waals surface area contributed by atoms with E-state index in [1.807, 2.05) is 0 Å². The van der Waals surface area contributed by atoms with Crippen LogP contribution in [0.4, 0.5) is 34.1 Å². The van der Waals surface area contributed by atoms with Gasteiger partial charge in [0.05, 0.1) is 27.3 Å². The van der Waals surface area contributed by atoms with Crippen molar-refractivity contribution < 1.29 is 24.7 Å². The molecule has 0 bridgehead atoms. The zero-order valence-electron chi connectivity index (χ0n) is 15.3. The van der Waals surface area contributed by atoms with Crippen LogP contribution in [0.1, 0.15) is 0 Å². The molecule has 0 atom stereocenters. The van der Waals surface area contributed by atoms with Gasteiger partial charge in [-0.2, -0.15) is 0 Å². The summed E-state index contributed by atoms with van der Waals surface area (Å²) in [6, 6.07) is 10.7. The quantitative estimate of drug-likeness (QED) is 0.152. The van der Waals surface area contributed by atoms with E-state index in [0.717, 1.165) is 12.1 Å². The summed E-state index contributed by atoms with van der Waals surface area (Å²) in [5.74, 6) is -0.423. The molecule has 0 unspecified atom stereocenters. The molecule has 13 nitrogen and oxygen atoms in total. The van der Waals surface area contributed by atoms with E-state index in [1.54, 1.807) is 12.1 Å². The van der Waals surface area contributed by atoms with Gasteiger partial charge in [-0.1, -0.05) is 0 Å². The van der Waals surface area contributed by atoms with Crippen LogP contribution in [0.25, 0.3) is 11.0 Å². The number of nitrogens with zero attached hydrogens (tertiary/aromatic N) is 4. The normalized spacial score (nSPS) is 10.7. The Bertz CT molecular complexity index is 1320. The van der Waals surface area contributed by atoms with Crippen molar-refractivity contribution in [3.05, 3.63) is 68.8 Å². The van der Waals surface area contributed by atoms with Crippen molar-refractivity contribution >= 4 is 45.2 Å². The molecule has 13 heteroatoms. The molecule has 0 aliphatic heterocycles. The maximum absolute atomic E-state index is 11.7. The molecule has 31 heavy (non-hydrogen) atoms. The number of non-ortho nitro benzene ring substituents is 1. The van der Waals surface area contributed by atoms with E-state index in [0.29, 0.717) is 5.69 Å². The highest BCUT2D eigenvalue weighted by atomic mass is 16.6. The Morgan fingerprint density at radius 3 is 2.16 bits per heavy atom. The van der Waals surface area contributed by atoms with Gasteiger partial charge in [-0.15, -0.1) is 0 Å². The van der Waals surface area contributed by atoms with Crippen LogP contribution in [0.5, 0.6) is 11.5 Å². The van der Waals surface area contributed by atoms with Gasteiger partial charge in [0, 0.05) is 11.8 Å². The van der Waals surface area contributed by atoms with Crippen molar-refractivity contribution in [3.63, 3.8) is 0 Å². The van der Waals surface area contributed by atoms with Gasteiger partial charge in [0.25, 0.3) is 5.69 Å². The lowest BCUT2D eigenvalue weighted by Crippen LogP contribution is -2.01. The summed E-state index contributed by atoms with van der Waals surface area (Å²) in [6.45, 7) is 0. The van der Waals surface area contributed by atoms with Crippen LogP contribution in [0.15, 0.2) is 53.2 Å². The number of fused-ring (bicyclic) bond motifs is 1. The lowest BCUT2D eigenvalue weighted by Gasteiger charge is -2.12. The van der Waals surface area contributed by atoms with Crippen molar-refractivity contribution in [3.8, 4) is 11.5 Å². The number of anilines is 4. The third kappa shape index (κ3) is 3.69. The number of hydrogen-bond acceptors (Lipinski definition) is 11. The van der Waals surface area contributed by atoms with Gasteiger partial charge >= 0.3 is 5.69 Å². The van der Waals surface area contributed by atoms with Crippen LogP contribution in [0.3, 0.4) is 0 Å². The molecule has 1 heterocycles. The molecular formula is C18H12N6O7. The minimum absolute atomic E-state index is 0.0000810. The first kappa shape index (κ1) is 19.4. The molecule has 0 spiro atoms. The number of hydrogen-bond donors (Lipinski definition) is 4. The second-order valence-corrected chi connectivity index (χ2v) is 6.29. The zero-order chi connectivity index (χ0) is 22.1. The highest BCUT2D eigenvalue weighted by Crippen LogP contribution is 2.41. The average Bonchev–Trinajstić information content (AvgIpc) is 3.20. The number of rotatable bonds is 6. The first-order chi connectivity index (χ1) is 14.8. The second-order valence-electron chi connectivity index (χ2n) is 6.29. The number of nitro benzene ring substituents is 2. The molecule has 4 N–H and O–H groups in total. The van der Waals surface area contributed by atoms with E-state index in [9.17, 15) is 30.4 Å². The summed E-state index contributed by atoms with van der Waals surface area (Å²) in [5.41, 5.74) is -0.125. The molecule has 4 rings (SSSR count). The first-order valence-electron chi connectivity index (χ1n) is 8.57. The molecule has 3 aromatic carbocycles. The molecule has 4 aromatic rings. The Kier molecular flexibility index (Phi) is 4.67. The summed E-state index contributed by atoms with van der Waals surface area (Å²) in [5, 5.41) is 55.2. The lowest BCUT2D eigenvalue weighted by molar-refractivity contribution is -0.384. The SMILES string of the molecule is O=[N+]([O-])c1ccc(Nc2cc(Nc3ccc(O)cc3)c3nonc3c2[N+](=O)[O-])c(O)c1. The largest absolute Gasteiger partial charge is 0.508 e. The maximum Gasteiger partial charge on any atom is 0.324 e. The van der Waals surface area contributed by atoms with Crippen LogP contribution in [0, 0.1) is 20.2 Å². The van der Waals surface area contributed by atoms with Gasteiger partial charge in [-0.05, 0) is 46.7 Å². The predicted molar refractivity (Wildman–Crippen MR) is 108 cm³/mol. The highest BCUT2D eigenvalue weighted by Gasteiger charge is 2.27. The van der Waals surface area contributed by atoms with E-state index in [1.165, 1.54) is 24.3 Å². The Morgan fingerprint density at radius 1 is 0.806 bits per heavy atom. The average molecular weight is 424 g/mol. The Labute approximate surface area is 171 Å². The minimum atomic E-state index is -0.693. The van der Waals surface area contributed by atoms with Gasteiger partial charge in [-0.25, -0.2) is 4.63 Å². The number of phenols is 2. The third-order valence-electron chi connectivity index (χ3n) is 4.30. The molecule has 156 valence electrons. The summed E-state index contributed by atoms with van der Waals surface area (Å²) in [7, 11) is 0. The molecule has 0 amide bonds. The Balaban J connectivity index is 1.82. The third-order valence-corrected chi connectivity index (χ3v) is 4.30. The number of aromatic hydroxyl groups is 2. The van der Waals surface area contributed by atoms with Crippen LogP contribution >= 0.6 is 0 Å². The Hall–Kier alpha value is -4.94. The number of aromatic nitrogens is 2. The molecule has 0 saturated carbocycles. The van der Waals surface area contributed by atoms with Gasteiger partial charge in [0.2, 0.25) is 5.52 Å². The predicted octanol–water partition coefficient (Wildman–Crippen LogP) is 3.94. The van der Waals surface area contributed by atoms with Crippen LogP contribution < -0.4 is 10.6 Å². The van der Waals surface area contributed by atoms with Crippen LogP contribution in [-0.2, 0) is 0 Å². The molecule has 0 radical (unpaired) electrons. The van der Waals surface area contributed by atoms with Crippen molar-refractivity contribution in [1.82, 2.24) is 10.3 Å². The van der Waals surface area contributed by atoms with Crippen molar-refractivity contribution in [2.45, 2.75) is 0 Å². The second kappa shape index (κ2) is 7.47. The molecule has 0 aliphatic carbocycles. The molecule has 0 fully saturated rings. The number of phenolic OH excluding ortho intramolecular Hbond substituents is 2. The monoisotopic (exact) mass is 424 g/mol. The fourth-order valence-electron chi connectivity index (χ4n) is 2.89. The first-order valence-corrected chi connectivity index (χ1v) is 8.57. The van der Waals surface area contributed by atoms with Gasteiger partial charge < -0.3 is 20.8 Å². The summed E-state index contributed by atoms with van der Waals surface area (Å²) in [4.78, 5) is 21.2. The van der Waals surface area contributed by atoms with E-state index in [-0.39, 0.29) is 39.5 Å². The standard InChI is InChI=1S/C18H12N6O7/c25-11-4-1-9(2-5-11)19-13-8-14(18(24(29)30)17-16(13)21-31-22-17)20-12-6-3-10(23(27)28)7-15(12)26/h1-8,19-20,25-26H. The van der Waals surface area contributed by atoms with Crippen LogP contribution in [-0.4, -0.2) is 30.4 Å². The molecule has 0 aliphatic rings. The fourth-order valence-corrected chi connectivity index (χ4v) is 2.89. The molecular weight excluding hydrogens is 412 g/mol. The summed E-state index contributed by atoms with van der Waals surface area (Å²) >= 11 is 0. The van der Waals surface area contributed by atoms with Crippen molar-refractivity contribution in [1.29, 1.82) is 0 Å². The Morgan fingerprint density at radius 2 is 1.52 bits per heavy atom. The summed E-state index contributed by atoms with van der Waals surface area (Å²) < 4.78 is 4.69. The zero-order valence-corrected chi connectivity index (χ0v) is 15.3. The lowest BCUT2D eigenvalue weighted by atomic mass is 10.1. The van der Waals surface area contributed by atoms with Crippen molar-refractivity contribution in [2.75, 3.05) is 10.6 Å². The van der Waals surface area contributed by atoms with Gasteiger partial charge in [0.15, 0.2) is 5.52 Å². The molecule has 0 saturated heterocycles. The van der Waals surface area contributed by atoms with Crippen molar-refractivity contribution in [2.24, 2.45) is 0 Å². The van der Waals surface area contributed by atoms with E-state index in [4.69, 9.17) is 0 Å². The van der Waals surface area contributed by atoms with E-state index >= 15 is 0 Å². The molecule has 1 aromatic heterocycles. The number of nitro groups is 2. The van der Waals surface area contributed by atoms with Gasteiger partial charge in [0.1, 0.15) is 17.2 Å². The van der Waals surface area contributed by atoms with E-state index < -0.39 is 21.3 Å². The van der Waals surface area contributed by atoms with Gasteiger partial charge in [-0.3, -0.25) is 20.2 Å². The number of benzene rings is 3.